The SMILES string of the molecule is COc1ccc(S(=O)(=O)Nc2ccc(N3CCCC(OC)C3)cc2)cc1Cl. The highest BCUT2D eigenvalue weighted by Crippen LogP contribution is 2.28. The lowest BCUT2D eigenvalue weighted by atomic mass is 10.1. The number of nitrogens with one attached hydrogen (secondary N) is 1. The number of benzene rings is 2. The topological polar surface area (TPSA) is 67.9 Å². The Labute approximate surface area is 165 Å². The number of rotatable bonds is 6. The summed E-state index contributed by atoms with van der Waals surface area (Å²) in [7, 11) is -0.523. The molecule has 0 amide bonds. The minimum Gasteiger partial charge on any atom is -0.495 e. The maximum atomic E-state index is 12.6. The van der Waals surface area contributed by atoms with Crippen molar-refractivity contribution in [1.29, 1.82) is 0 Å². The van der Waals surface area contributed by atoms with Gasteiger partial charge in [0.05, 0.1) is 23.1 Å². The molecule has 1 N–H and O–H groups in total. The van der Waals surface area contributed by atoms with Crippen LogP contribution in [0.5, 0.6) is 5.75 Å². The van der Waals surface area contributed by atoms with Crippen LogP contribution in [-0.2, 0) is 14.8 Å². The van der Waals surface area contributed by atoms with E-state index < -0.39 is 10.0 Å². The van der Waals surface area contributed by atoms with E-state index >= 15 is 0 Å². The fourth-order valence-corrected chi connectivity index (χ4v) is 4.54. The Morgan fingerprint density at radius 3 is 2.52 bits per heavy atom. The van der Waals surface area contributed by atoms with Gasteiger partial charge in [-0.15, -0.1) is 0 Å². The number of sulfonamides is 1. The van der Waals surface area contributed by atoms with E-state index in [0.717, 1.165) is 31.6 Å². The van der Waals surface area contributed by atoms with Gasteiger partial charge in [-0.3, -0.25) is 4.72 Å². The number of nitrogens with zero attached hydrogens (tertiary/aromatic N) is 1. The van der Waals surface area contributed by atoms with Gasteiger partial charge < -0.3 is 14.4 Å². The second-order valence-electron chi connectivity index (χ2n) is 6.39. The van der Waals surface area contributed by atoms with Crippen molar-refractivity contribution in [2.24, 2.45) is 0 Å². The molecule has 0 spiro atoms. The number of hydrogen-bond donors (Lipinski definition) is 1. The van der Waals surface area contributed by atoms with E-state index in [-0.39, 0.29) is 16.0 Å². The molecule has 0 aliphatic carbocycles. The molecule has 8 heteroatoms. The average molecular weight is 411 g/mol. The van der Waals surface area contributed by atoms with E-state index in [0.29, 0.717) is 11.4 Å². The molecule has 146 valence electrons. The molecule has 1 saturated heterocycles. The number of halogens is 1. The second kappa shape index (κ2) is 8.37. The molecule has 1 heterocycles. The van der Waals surface area contributed by atoms with Crippen molar-refractivity contribution in [1.82, 2.24) is 0 Å². The summed E-state index contributed by atoms with van der Waals surface area (Å²) in [4.78, 5) is 2.33. The zero-order chi connectivity index (χ0) is 19.4. The van der Waals surface area contributed by atoms with Crippen molar-refractivity contribution in [3.05, 3.63) is 47.5 Å². The first kappa shape index (κ1) is 19.8. The fraction of sp³-hybridized carbons (Fsp3) is 0.368. The average Bonchev–Trinajstić information content (AvgIpc) is 2.68. The third kappa shape index (κ3) is 4.66. The van der Waals surface area contributed by atoms with Crippen LogP contribution in [0.25, 0.3) is 0 Å². The molecule has 3 rings (SSSR count). The fourth-order valence-electron chi connectivity index (χ4n) is 3.13. The van der Waals surface area contributed by atoms with Crippen molar-refractivity contribution < 1.29 is 17.9 Å². The van der Waals surface area contributed by atoms with Crippen LogP contribution in [0.2, 0.25) is 5.02 Å². The summed E-state index contributed by atoms with van der Waals surface area (Å²) in [5, 5.41) is 0.244. The van der Waals surface area contributed by atoms with Crippen molar-refractivity contribution in [3.63, 3.8) is 0 Å². The molecular formula is C19H23ClN2O4S. The van der Waals surface area contributed by atoms with Crippen LogP contribution in [-0.4, -0.2) is 41.8 Å². The quantitative estimate of drug-likeness (QED) is 0.785. The van der Waals surface area contributed by atoms with Gasteiger partial charge in [0, 0.05) is 31.6 Å². The molecule has 0 bridgehead atoms. The first-order valence-corrected chi connectivity index (χ1v) is 10.5. The van der Waals surface area contributed by atoms with Crippen LogP contribution in [0.3, 0.4) is 0 Å². The smallest absolute Gasteiger partial charge is 0.261 e. The Morgan fingerprint density at radius 1 is 1.15 bits per heavy atom. The molecule has 1 fully saturated rings. The summed E-state index contributed by atoms with van der Waals surface area (Å²) < 4.78 is 38.3. The number of piperidine rings is 1. The molecule has 1 aliphatic heterocycles. The van der Waals surface area contributed by atoms with Crippen molar-refractivity contribution in [3.8, 4) is 5.75 Å². The van der Waals surface area contributed by atoms with E-state index in [1.165, 1.54) is 25.3 Å². The molecule has 1 aliphatic rings. The molecule has 0 saturated carbocycles. The van der Waals surface area contributed by atoms with E-state index in [9.17, 15) is 8.42 Å². The molecule has 27 heavy (non-hydrogen) atoms. The Hall–Kier alpha value is -1.96. The summed E-state index contributed by atoms with van der Waals surface area (Å²) in [5.41, 5.74) is 1.54. The third-order valence-corrected chi connectivity index (χ3v) is 6.30. The molecule has 2 aromatic rings. The van der Waals surface area contributed by atoms with Crippen molar-refractivity contribution >= 4 is 33.0 Å². The van der Waals surface area contributed by atoms with Gasteiger partial charge in [0.25, 0.3) is 10.0 Å². The molecule has 1 atom stereocenters. The van der Waals surface area contributed by atoms with Gasteiger partial charge >= 0.3 is 0 Å². The van der Waals surface area contributed by atoms with Crippen LogP contribution in [0.15, 0.2) is 47.4 Å². The summed E-state index contributed by atoms with van der Waals surface area (Å²) in [6.45, 7) is 1.81. The molecule has 1 unspecified atom stereocenters. The van der Waals surface area contributed by atoms with E-state index in [2.05, 4.69) is 9.62 Å². The van der Waals surface area contributed by atoms with E-state index in [1.807, 2.05) is 12.1 Å². The van der Waals surface area contributed by atoms with Gasteiger partial charge in [0.15, 0.2) is 0 Å². The van der Waals surface area contributed by atoms with Crippen LogP contribution >= 0.6 is 11.6 Å². The highest BCUT2D eigenvalue weighted by Gasteiger charge is 2.20. The summed E-state index contributed by atoms with van der Waals surface area (Å²) in [6, 6.07) is 11.7. The molecule has 6 nitrogen and oxygen atoms in total. The zero-order valence-corrected chi connectivity index (χ0v) is 16.9. The van der Waals surface area contributed by atoms with Crippen LogP contribution in [0.1, 0.15) is 12.8 Å². The normalized spacial score (nSPS) is 17.6. The Balaban J connectivity index is 1.73. The van der Waals surface area contributed by atoms with Crippen LogP contribution in [0.4, 0.5) is 11.4 Å². The predicted octanol–water partition coefficient (Wildman–Crippen LogP) is 3.76. The monoisotopic (exact) mass is 410 g/mol. The minimum atomic E-state index is -3.73. The lowest BCUT2D eigenvalue weighted by molar-refractivity contribution is 0.0893. The maximum absolute atomic E-state index is 12.6. The predicted molar refractivity (Wildman–Crippen MR) is 107 cm³/mol. The molecular weight excluding hydrogens is 388 g/mol. The standard InChI is InChI=1S/C19H23ClN2O4S/c1-25-16-4-3-11-22(13-16)15-7-5-14(6-8-15)21-27(23,24)17-9-10-19(26-2)18(20)12-17/h5-10,12,16,21H,3-4,11,13H2,1-2H3. The Kier molecular flexibility index (Phi) is 6.14. The van der Waals surface area contributed by atoms with Gasteiger partial charge in [0.2, 0.25) is 0 Å². The van der Waals surface area contributed by atoms with Gasteiger partial charge in [0.1, 0.15) is 5.75 Å². The van der Waals surface area contributed by atoms with Gasteiger partial charge in [-0.2, -0.15) is 0 Å². The van der Waals surface area contributed by atoms with E-state index in [4.69, 9.17) is 21.1 Å². The zero-order valence-electron chi connectivity index (χ0n) is 15.3. The Morgan fingerprint density at radius 2 is 1.89 bits per heavy atom. The summed E-state index contributed by atoms with van der Waals surface area (Å²) >= 11 is 6.04. The number of hydrogen-bond acceptors (Lipinski definition) is 5. The highest BCUT2D eigenvalue weighted by atomic mass is 35.5. The molecule has 0 aromatic heterocycles. The minimum absolute atomic E-state index is 0.0799. The first-order valence-electron chi connectivity index (χ1n) is 8.67. The first-order chi connectivity index (χ1) is 12.9. The highest BCUT2D eigenvalue weighted by molar-refractivity contribution is 7.92. The second-order valence-corrected chi connectivity index (χ2v) is 8.48. The molecule has 0 radical (unpaired) electrons. The Bertz CT molecular complexity index is 887. The largest absolute Gasteiger partial charge is 0.495 e. The molecule has 2 aromatic carbocycles. The van der Waals surface area contributed by atoms with Gasteiger partial charge in [-0.1, -0.05) is 11.6 Å². The van der Waals surface area contributed by atoms with Gasteiger partial charge in [-0.05, 0) is 55.3 Å². The lowest BCUT2D eigenvalue weighted by Crippen LogP contribution is -2.39. The number of methoxy groups -OCH3 is 2. The van der Waals surface area contributed by atoms with Crippen LogP contribution < -0.4 is 14.4 Å². The van der Waals surface area contributed by atoms with Crippen molar-refractivity contribution in [2.75, 3.05) is 36.9 Å². The summed E-state index contributed by atoms with van der Waals surface area (Å²) in [5.74, 6) is 0.427. The number of ether oxygens (including phenoxy) is 2. The van der Waals surface area contributed by atoms with Crippen molar-refractivity contribution in [2.45, 2.75) is 23.8 Å². The maximum Gasteiger partial charge on any atom is 0.261 e. The van der Waals surface area contributed by atoms with E-state index in [1.54, 1.807) is 19.2 Å². The summed E-state index contributed by atoms with van der Waals surface area (Å²) in [6.07, 6.45) is 2.37. The number of anilines is 2. The lowest BCUT2D eigenvalue weighted by Gasteiger charge is -2.33. The third-order valence-electron chi connectivity index (χ3n) is 4.63. The van der Waals surface area contributed by atoms with Crippen LogP contribution in [0, 0.1) is 0 Å². The van der Waals surface area contributed by atoms with Gasteiger partial charge in [-0.25, -0.2) is 8.42 Å².